The molecule has 1 atom stereocenters. The minimum atomic E-state index is -0.597. The number of hydrogen-bond donors (Lipinski definition) is 3. The number of rotatable bonds is 3. The summed E-state index contributed by atoms with van der Waals surface area (Å²) in [7, 11) is 0. The minimum absolute atomic E-state index is 0.183. The first kappa shape index (κ1) is 11.6. The number of nitrogens with one attached hydrogen (secondary N) is 2. The SMILES string of the molecule is CC(O)CNC(=O)c1cc2cc(F)ccc2[nH]1. The number of aromatic nitrogens is 1. The zero-order valence-corrected chi connectivity index (χ0v) is 9.33. The van der Waals surface area contributed by atoms with Gasteiger partial charge in [-0.15, -0.1) is 0 Å². The van der Waals surface area contributed by atoms with Crippen molar-refractivity contribution in [1.82, 2.24) is 10.3 Å². The molecule has 4 nitrogen and oxygen atoms in total. The predicted molar refractivity (Wildman–Crippen MR) is 62.3 cm³/mol. The molecule has 1 aromatic heterocycles. The van der Waals surface area contributed by atoms with Crippen LogP contribution in [-0.4, -0.2) is 28.6 Å². The van der Waals surface area contributed by atoms with Crippen LogP contribution in [0.1, 0.15) is 17.4 Å². The molecule has 2 aromatic rings. The van der Waals surface area contributed by atoms with Gasteiger partial charge in [-0.3, -0.25) is 4.79 Å². The van der Waals surface area contributed by atoms with Gasteiger partial charge in [-0.2, -0.15) is 0 Å². The summed E-state index contributed by atoms with van der Waals surface area (Å²) in [6.07, 6.45) is -0.597. The predicted octanol–water partition coefficient (Wildman–Crippen LogP) is 1.42. The molecule has 0 aliphatic heterocycles. The van der Waals surface area contributed by atoms with E-state index in [-0.39, 0.29) is 18.3 Å². The fourth-order valence-corrected chi connectivity index (χ4v) is 1.56. The molecule has 1 aromatic carbocycles. The van der Waals surface area contributed by atoms with Crippen LogP contribution in [0.5, 0.6) is 0 Å². The second-order valence-electron chi connectivity index (χ2n) is 3.97. The van der Waals surface area contributed by atoms with Gasteiger partial charge in [0.2, 0.25) is 0 Å². The van der Waals surface area contributed by atoms with Gasteiger partial charge >= 0.3 is 0 Å². The Morgan fingerprint density at radius 3 is 3.00 bits per heavy atom. The molecule has 0 aliphatic rings. The lowest BCUT2D eigenvalue weighted by Gasteiger charge is -2.05. The third kappa shape index (κ3) is 2.62. The Kier molecular flexibility index (Phi) is 3.10. The highest BCUT2D eigenvalue weighted by Gasteiger charge is 2.10. The number of hydrogen-bond acceptors (Lipinski definition) is 2. The second-order valence-corrected chi connectivity index (χ2v) is 3.97. The van der Waals surface area contributed by atoms with Gasteiger partial charge in [-0.25, -0.2) is 4.39 Å². The van der Waals surface area contributed by atoms with Crippen LogP contribution in [0.2, 0.25) is 0 Å². The van der Waals surface area contributed by atoms with E-state index in [2.05, 4.69) is 10.3 Å². The van der Waals surface area contributed by atoms with Crippen LogP contribution in [0, 0.1) is 5.82 Å². The second kappa shape index (κ2) is 4.55. The standard InChI is InChI=1S/C12H13FN2O2/c1-7(16)6-14-12(17)11-5-8-4-9(13)2-3-10(8)15-11/h2-5,7,15-16H,6H2,1H3,(H,14,17). The molecular weight excluding hydrogens is 223 g/mol. The molecule has 3 N–H and O–H groups in total. The first-order valence-electron chi connectivity index (χ1n) is 5.31. The van der Waals surface area contributed by atoms with Crippen molar-refractivity contribution >= 4 is 16.8 Å². The fourth-order valence-electron chi connectivity index (χ4n) is 1.56. The number of carbonyl (C=O) groups excluding carboxylic acids is 1. The normalized spacial score (nSPS) is 12.6. The maximum absolute atomic E-state index is 13.0. The van der Waals surface area contributed by atoms with Gasteiger partial charge < -0.3 is 15.4 Å². The van der Waals surface area contributed by atoms with Crippen LogP contribution < -0.4 is 5.32 Å². The quantitative estimate of drug-likeness (QED) is 0.754. The summed E-state index contributed by atoms with van der Waals surface area (Å²) in [5.41, 5.74) is 1.06. The zero-order chi connectivity index (χ0) is 12.4. The zero-order valence-electron chi connectivity index (χ0n) is 9.33. The number of aliphatic hydroxyl groups is 1. The number of aliphatic hydroxyl groups excluding tert-OH is 1. The Morgan fingerprint density at radius 1 is 1.53 bits per heavy atom. The van der Waals surface area contributed by atoms with E-state index in [1.54, 1.807) is 19.1 Å². The van der Waals surface area contributed by atoms with Gasteiger partial charge in [-0.05, 0) is 31.2 Å². The highest BCUT2D eigenvalue weighted by atomic mass is 19.1. The van der Waals surface area contributed by atoms with Crippen molar-refractivity contribution in [3.63, 3.8) is 0 Å². The first-order chi connectivity index (χ1) is 8.06. The summed E-state index contributed by atoms with van der Waals surface area (Å²) < 4.78 is 13.0. The Bertz CT molecular complexity index is 548. The van der Waals surface area contributed by atoms with Crippen LogP contribution >= 0.6 is 0 Å². The molecule has 1 amide bonds. The smallest absolute Gasteiger partial charge is 0.267 e. The molecule has 1 unspecified atom stereocenters. The van der Waals surface area contributed by atoms with Crippen molar-refractivity contribution in [3.05, 3.63) is 35.8 Å². The van der Waals surface area contributed by atoms with E-state index in [1.165, 1.54) is 12.1 Å². The summed E-state index contributed by atoms with van der Waals surface area (Å²) in [5.74, 6) is -0.657. The number of halogens is 1. The molecule has 0 radical (unpaired) electrons. The van der Waals surface area contributed by atoms with Crippen molar-refractivity contribution < 1.29 is 14.3 Å². The van der Waals surface area contributed by atoms with Crippen molar-refractivity contribution in [2.45, 2.75) is 13.0 Å². The molecule has 0 fully saturated rings. The number of benzene rings is 1. The van der Waals surface area contributed by atoms with E-state index in [1.807, 2.05) is 0 Å². The van der Waals surface area contributed by atoms with Crippen molar-refractivity contribution in [1.29, 1.82) is 0 Å². The van der Waals surface area contributed by atoms with Crippen molar-refractivity contribution in [2.24, 2.45) is 0 Å². The van der Waals surface area contributed by atoms with E-state index >= 15 is 0 Å². The monoisotopic (exact) mass is 236 g/mol. The van der Waals surface area contributed by atoms with Crippen LogP contribution in [0.3, 0.4) is 0 Å². The molecule has 1 heterocycles. The van der Waals surface area contributed by atoms with Crippen molar-refractivity contribution in [3.8, 4) is 0 Å². The Morgan fingerprint density at radius 2 is 2.29 bits per heavy atom. The molecule has 90 valence electrons. The van der Waals surface area contributed by atoms with E-state index in [4.69, 9.17) is 5.11 Å². The molecule has 17 heavy (non-hydrogen) atoms. The number of H-pyrrole nitrogens is 1. The average Bonchev–Trinajstić information content (AvgIpc) is 2.68. The van der Waals surface area contributed by atoms with Crippen LogP contribution in [0.25, 0.3) is 10.9 Å². The third-order valence-electron chi connectivity index (χ3n) is 2.39. The summed E-state index contributed by atoms with van der Waals surface area (Å²) >= 11 is 0. The number of carbonyl (C=O) groups is 1. The van der Waals surface area contributed by atoms with Gasteiger partial charge in [-0.1, -0.05) is 0 Å². The summed E-state index contributed by atoms with van der Waals surface area (Å²) in [4.78, 5) is 14.5. The van der Waals surface area contributed by atoms with Gasteiger partial charge in [0.05, 0.1) is 6.10 Å². The topological polar surface area (TPSA) is 65.1 Å². The van der Waals surface area contributed by atoms with Crippen molar-refractivity contribution in [2.75, 3.05) is 6.54 Å². The number of amides is 1. The molecule has 0 saturated carbocycles. The summed E-state index contributed by atoms with van der Waals surface area (Å²) in [5, 5.41) is 12.3. The van der Waals surface area contributed by atoms with E-state index in [9.17, 15) is 9.18 Å². The first-order valence-corrected chi connectivity index (χ1v) is 5.31. The highest BCUT2D eigenvalue weighted by Crippen LogP contribution is 2.16. The molecule has 2 rings (SSSR count). The molecule has 0 aliphatic carbocycles. The van der Waals surface area contributed by atoms with Crippen LogP contribution in [0.15, 0.2) is 24.3 Å². The maximum atomic E-state index is 13.0. The maximum Gasteiger partial charge on any atom is 0.267 e. The summed E-state index contributed by atoms with van der Waals surface area (Å²) in [6, 6.07) is 5.85. The van der Waals surface area contributed by atoms with Crippen LogP contribution in [-0.2, 0) is 0 Å². The van der Waals surface area contributed by atoms with E-state index in [0.717, 1.165) is 0 Å². The lowest BCUT2D eigenvalue weighted by Crippen LogP contribution is -2.30. The van der Waals surface area contributed by atoms with E-state index < -0.39 is 6.10 Å². The fraction of sp³-hybridized carbons (Fsp3) is 0.250. The molecule has 0 saturated heterocycles. The largest absolute Gasteiger partial charge is 0.392 e. The number of aromatic amines is 1. The van der Waals surface area contributed by atoms with Crippen LogP contribution in [0.4, 0.5) is 4.39 Å². The molecular formula is C12H13FN2O2. The van der Waals surface area contributed by atoms with Gasteiger partial charge in [0.25, 0.3) is 5.91 Å². The lowest BCUT2D eigenvalue weighted by molar-refractivity contribution is 0.0920. The summed E-state index contributed by atoms with van der Waals surface area (Å²) in [6.45, 7) is 1.77. The molecule has 0 bridgehead atoms. The highest BCUT2D eigenvalue weighted by molar-refractivity contribution is 5.97. The molecule has 0 spiro atoms. The average molecular weight is 236 g/mol. The third-order valence-corrected chi connectivity index (χ3v) is 2.39. The van der Waals surface area contributed by atoms with Gasteiger partial charge in [0.1, 0.15) is 11.5 Å². The van der Waals surface area contributed by atoms with Gasteiger partial charge in [0.15, 0.2) is 0 Å². The lowest BCUT2D eigenvalue weighted by atomic mass is 10.2. The number of fused-ring (bicyclic) bond motifs is 1. The molecule has 5 heteroatoms. The minimum Gasteiger partial charge on any atom is -0.392 e. The Hall–Kier alpha value is -1.88. The Labute approximate surface area is 97.5 Å². The van der Waals surface area contributed by atoms with E-state index in [0.29, 0.717) is 16.6 Å². The Balaban J connectivity index is 2.21. The van der Waals surface area contributed by atoms with Gasteiger partial charge in [0, 0.05) is 17.4 Å².